The van der Waals surface area contributed by atoms with Crippen LogP contribution in [0.2, 0.25) is 0 Å². The van der Waals surface area contributed by atoms with E-state index in [1.54, 1.807) is 19.0 Å². The molecule has 0 bridgehead atoms. The number of aliphatic hydroxyl groups excluding tert-OH is 1. The molecular weight excluding hydrogens is 540 g/mol. The number of amides is 1. The molecule has 0 radical (unpaired) electrons. The van der Waals surface area contributed by atoms with E-state index >= 15 is 0 Å². The molecule has 11 nitrogen and oxygen atoms in total. The number of phenolic OH excluding ortho intramolecular Hbond substituents is 1. The molecule has 0 spiro atoms. The van der Waals surface area contributed by atoms with Crippen molar-refractivity contribution in [1.82, 2.24) is 9.80 Å². The van der Waals surface area contributed by atoms with Gasteiger partial charge in [-0.15, -0.1) is 0 Å². The van der Waals surface area contributed by atoms with Gasteiger partial charge in [0.1, 0.15) is 11.7 Å². The molecule has 11 heteroatoms. The Balaban J connectivity index is 1.55. The molecule has 5 rings (SSSR count). The molecule has 7 atom stereocenters. The van der Waals surface area contributed by atoms with Gasteiger partial charge in [0.05, 0.1) is 23.3 Å². The number of carbonyl (C=O) groups is 4. The first-order valence-corrected chi connectivity index (χ1v) is 15.1. The van der Waals surface area contributed by atoms with Crippen LogP contribution < -0.4 is 10.6 Å². The van der Waals surface area contributed by atoms with Crippen LogP contribution in [0.15, 0.2) is 12.1 Å². The van der Waals surface area contributed by atoms with Crippen LogP contribution in [0.1, 0.15) is 54.9 Å². The number of likely N-dealkylation sites (N-methyl/N-ethyl adjacent to an activating group) is 1. The van der Waals surface area contributed by atoms with Gasteiger partial charge < -0.3 is 35.8 Å². The second kappa shape index (κ2) is 11.3. The number of benzene rings is 1. The number of nitrogens with zero attached hydrogens (tertiary/aromatic N) is 3. The molecule has 3 aliphatic carbocycles. The molecule has 1 aliphatic heterocycles. The largest absolute Gasteiger partial charge is 0.505 e. The minimum Gasteiger partial charge on any atom is -0.505 e. The first-order valence-electron chi connectivity index (χ1n) is 15.1. The number of nitrogens with two attached hydrogens (primary N) is 1. The van der Waals surface area contributed by atoms with Crippen molar-refractivity contribution in [2.45, 2.75) is 69.2 Å². The average molecular weight is 585 g/mol. The summed E-state index contributed by atoms with van der Waals surface area (Å²) in [6.07, 6.45) is 2.62. The highest BCUT2D eigenvalue weighted by Crippen LogP contribution is 2.52. The zero-order valence-electron chi connectivity index (χ0n) is 25.0. The second-order valence-corrected chi connectivity index (χ2v) is 13.0. The van der Waals surface area contributed by atoms with E-state index in [0.29, 0.717) is 17.7 Å². The monoisotopic (exact) mass is 584 g/mol. The molecule has 4 aliphatic rings. The third-order valence-corrected chi connectivity index (χ3v) is 10.3. The van der Waals surface area contributed by atoms with Crippen LogP contribution in [0, 0.1) is 23.7 Å². The molecule has 1 saturated heterocycles. The minimum atomic E-state index is -2.66. The number of rotatable bonds is 7. The minimum absolute atomic E-state index is 0.0671. The number of ketones is 3. The molecule has 1 heterocycles. The Labute approximate surface area is 246 Å². The number of phenols is 1. The van der Waals surface area contributed by atoms with Crippen molar-refractivity contribution in [3.8, 4) is 5.75 Å². The van der Waals surface area contributed by atoms with Crippen LogP contribution in [-0.2, 0) is 20.8 Å². The third-order valence-electron chi connectivity index (χ3n) is 10.3. The first-order chi connectivity index (χ1) is 19.8. The summed E-state index contributed by atoms with van der Waals surface area (Å²) in [5, 5.41) is 34.4. The summed E-state index contributed by atoms with van der Waals surface area (Å²) >= 11 is 0. The standard InChI is InChI=1S/C31H44N4O7/c1-5-6-11-35(18-9-12-34(4)13-10-18)20-8-7-16-14-17-15-19-24(33(2)3)27(38)23(30(32)41)29(40)31(19,42)28(39)22(17)26(37)21(16)25(20)36/h7-8,17-19,22-24,27,36,38,42H,5-6,9-15H2,1-4H3,(H2,32,41)/t17-,19-,22?,23?,24-,27?,31-/m1/s1. The summed E-state index contributed by atoms with van der Waals surface area (Å²) in [4.78, 5) is 60.0. The molecule has 3 fully saturated rings. The van der Waals surface area contributed by atoms with Crippen LogP contribution in [0.25, 0.3) is 0 Å². The number of anilines is 1. The van der Waals surface area contributed by atoms with Crippen molar-refractivity contribution in [2.75, 3.05) is 45.7 Å². The number of primary amides is 1. The van der Waals surface area contributed by atoms with E-state index in [1.165, 1.54) is 0 Å². The number of hydrogen-bond acceptors (Lipinski definition) is 10. The van der Waals surface area contributed by atoms with Crippen LogP contribution in [0.3, 0.4) is 0 Å². The predicted octanol–water partition coefficient (Wildman–Crippen LogP) is 0.360. The van der Waals surface area contributed by atoms with Gasteiger partial charge in [0, 0.05) is 24.5 Å². The van der Waals surface area contributed by atoms with Gasteiger partial charge in [-0.1, -0.05) is 19.4 Å². The van der Waals surface area contributed by atoms with E-state index in [-0.39, 0.29) is 23.8 Å². The van der Waals surface area contributed by atoms with Gasteiger partial charge in [0.15, 0.2) is 23.0 Å². The Bertz CT molecular complexity index is 1280. The van der Waals surface area contributed by atoms with Crippen molar-refractivity contribution < 1.29 is 34.5 Å². The number of likely N-dealkylation sites (tertiary alicyclic amines) is 1. The molecule has 3 unspecified atom stereocenters. The number of unbranched alkanes of at least 4 members (excludes halogenated alkanes) is 1. The Morgan fingerprint density at radius 3 is 2.40 bits per heavy atom. The fraction of sp³-hybridized carbons (Fsp3) is 0.677. The summed E-state index contributed by atoms with van der Waals surface area (Å²) in [5.74, 6) is -8.76. The zero-order valence-corrected chi connectivity index (χ0v) is 25.0. The highest BCUT2D eigenvalue weighted by Gasteiger charge is 2.69. The smallest absolute Gasteiger partial charge is 0.230 e. The molecule has 1 aromatic carbocycles. The van der Waals surface area contributed by atoms with Crippen molar-refractivity contribution in [2.24, 2.45) is 29.4 Å². The maximum absolute atomic E-state index is 14.1. The van der Waals surface area contributed by atoms with E-state index in [1.807, 2.05) is 12.1 Å². The molecule has 1 aromatic rings. The lowest BCUT2D eigenvalue weighted by atomic mass is 9.52. The van der Waals surface area contributed by atoms with Crippen molar-refractivity contribution in [1.29, 1.82) is 0 Å². The molecule has 230 valence electrons. The van der Waals surface area contributed by atoms with Crippen LogP contribution >= 0.6 is 0 Å². The van der Waals surface area contributed by atoms with Crippen LogP contribution in [-0.4, -0.2) is 113 Å². The van der Waals surface area contributed by atoms with E-state index in [2.05, 4.69) is 23.8 Å². The molecule has 1 amide bonds. The van der Waals surface area contributed by atoms with Crippen molar-refractivity contribution >= 4 is 28.9 Å². The Morgan fingerprint density at radius 1 is 1.14 bits per heavy atom. The number of aliphatic hydroxyl groups is 2. The summed E-state index contributed by atoms with van der Waals surface area (Å²) < 4.78 is 0. The second-order valence-electron chi connectivity index (χ2n) is 13.0. The van der Waals surface area contributed by atoms with Gasteiger partial charge in [-0.25, -0.2) is 0 Å². The van der Waals surface area contributed by atoms with Crippen molar-refractivity contribution in [3.63, 3.8) is 0 Å². The fourth-order valence-corrected chi connectivity index (χ4v) is 8.15. The third kappa shape index (κ3) is 4.65. The topological polar surface area (TPSA) is 165 Å². The van der Waals surface area contributed by atoms with E-state index in [0.717, 1.165) is 45.3 Å². The maximum atomic E-state index is 14.1. The molecular formula is C31H44N4O7. The first kappa shape index (κ1) is 30.6. The predicted molar refractivity (Wildman–Crippen MR) is 155 cm³/mol. The fourth-order valence-electron chi connectivity index (χ4n) is 8.15. The number of aromatic hydroxyl groups is 1. The molecule has 2 saturated carbocycles. The lowest BCUT2D eigenvalue weighted by molar-refractivity contribution is -0.190. The number of Topliss-reactive ketones (excluding diaryl/α,β-unsaturated/α-hetero) is 3. The van der Waals surface area contributed by atoms with Gasteiger partial charge in [0.2, 0.25) is 5.91 Å². The maximum Gasteiger partial charge on any atom is 0.230 e. The Kier molecular flexibility index (Phi) is 8.25. The van der Waals surface area contributed by atoms with Gasteiger partial charge in [0.25, 0.3) is 0 Å². The van der Waals surface area contributed by atoms with E-state index in [9.17, 15) is 34.5 Å². The number of hydrogen-bond donors (Lipinski definition) is 4. The normalized spacial score (nSPS) is 33.7. The Morgan fingerprint density at radius 2 is 1.81 bits per heavy atom. The summed E-state index contributed by atoms with van der Waals surface area (Å²) in [6, 6.07) is 3.00. The summed E-state index contributed by atoms with van der Waals surface area (Å²) in [6.45, 7) is 4.68. The quantitative estimate of drug-likeness (QED) is 0.329. The highest BCUT2D eigenvalue weighted by atomic mass is 16.3. The van der Waals surface area contributed by atoms with Crippen LogP contribution in [0.4, 0.5) is 5.69 Å². The lowest BCUT2D eigenvalue weighted by Gasteiger charge is -2.54. The molecule has 42 heavy (non-hydrogen) atoms. The number of fused-ring (bicyclic) bond motifs is 3. The highest BCUT2D eigenvalue weighted by molar-refractivity contribution is 6.25. The SMILES string of the molecule is CCCCN(c1ccc2c(c1O)C(=O)C1C(=O)[C@@]3(O)C(=O)C(C(N)=O)C(O)[C@H](N(C)C)[C@H]3C[C@H]1C2)C1CCN(C)CC1. The van der Waals surface area contributed by atoms with Gasteiger partial charge in [-0.05, 0) is 83.9 Å². The summed E-state index contributed by atoms with van der Waals surface area (Å²) in [5.41, 5.74) is 4.05. The average Bonchev–Trinajstić information content (AvgIpc) is 2.92. The van der Waals surface area contributed by atoms with Gasteiger partial charge in [-0.3, -0.25) is 19.2 Å². The molecule has 0 aromatic heterocycles. The number of carbonyl (C=O) groups excluding carboxylic acids is 4. The number of piperidine rings is 1. The summed E-state index contributed by atoms with van der Waals surface area (Å²) in [7, 11) is 5.35. The van der Waals surface area contributed by atoms with E-state index < -0.39 is 64.7 Å². The van der Waals surface area contributed by atoms with Crippen LogP contribution in [0.5, 0.6) is 5.75 Å². The van der Waals surface area contributed by atoms with Crippen molar-refractivity contribution in [3.05, 3.63) is 23.3 Å². The van der Waals surface area contributed by atoms with Gasteiger partial charge in [-0.2, -0.15) is 0 Å². The lowest BCUT2D eigenvalue weighted by Crippen LogP contribution is -2.75. The van der Waals surface area contributed by atoms with E-state index in [4.69, 9.17) is 5.73 Å². The molecule has 5 N–H and O–H groups in total. The Hall–Kier alpha value is -2.86. The van der Waals surface area contributed by atoms with Gasteiger partial charge >= 0.3 is 0 Å². The zero-order chi connectivity index (χ0) is 30.7.